The number of hydrogen-bond acceptors (Lipinski definition) is 7. The van der Waals surface area contributed by atoms with Crippen molar-refractivity contribution in [1.82, 2.24) is 19.4 Å². The molecule has 5 rings (SSSR count). The lowest BCUT2D eigenvalue weighted by Gasteiger charge is -2.02. The van der Waals surface area contributed by atoms with Gasteiger partial charge < -0.3 is 0 Å². The third kappa shape index (κ3) is 3.45. The first-order valence-corrected chi connectivity index (χ1v) is 11.4. The van der Waals surface area contributed by atoms with Crippen molar-refractivity contribution in [2.24, 2.45) is 0 Å². The number of rotatable bonds is 4. The van der Waals surface area contributed by atoms with Gasteiger partial charge >= 0.3 is 0 Å². The predicted octanol–water partition coefficient (Wildman–Crippen LogP) is 5.17. The highest BCUT2D eigenvalue weighted by Gasteiger charge is 2.13. The van der Waals surface area contributed by atoms with Crippen molar-refractivity contribution in [2.45, 2.75) is 17.7 Å². The summed E-state index contributed by atoms with van der Waals surface area (Å²) >= 11 is 4.57. The number of aryl methyl sites for hydroxylation is 1. The molecule has 144 valence electrons. The Kier molecular flexibility index (Phi) is 4.65. The Balaban J connectivity index is 1.46. The molecule has 5 nitrogen and oxygen atoms in total. The highest BCUT2D eigenvalue weighted by Crippen LogP contribution is 2.37. The number of benzene rings is 1. The van der Waals surface area contributed by atoms with Gasteiger partial charge in [0.1, 0.15) is 17.2 Å². The fourth-order valence-electron chi connectivity index (χ4n) is 3.01. The fourth-order valence-corrected chi connectivity index (χ4v) is 5.99. The second-order valence-electron chi connectivity index (χ2n) is 6.38. The molecule has 4 aromatic heterocycles. The second kappa shape index (κ2) is 7.33. The maximum atomic E-state index is 13.2. The highest BCUT2D eigenvalue weighted by molar-refractivity contribution is 7.98. The van der Waals surface area contributed by atoms with Crippen LogP contribution < -0.4 is 5.56 Å². The fraction of sp³-hybridized carbons (Fsp3) is 0.100. The summed E-state index contributed by atoms with van der Waals surface area (Å²) in [5.74, 6) is 0.283. The molecule has 0 spiro atoms. The Bertz CT molecular complexity index is 1410. The molecule has 29 heavy (non-hydrogen) atoms. The Morgan fingerprint density at radius 1 is 1.17 bits per heavy atom. The molecule has 0 atom stereocenters. The summed E-state index contributed by atoms with van der Waals surface area (Å²) in [4.78, 5) is 27.5. The molecule has 0 radical (unpaired) electrons. The van der Waals surface area contributed by atoms with Crippen LogP contribution in [0, 0.1) is 12.7 Å². The monoisotopic (exact) mass is 440 g/mol. The molecular weight excluding hydrogens is 427 g/mol. The third-order valence-electron chi connectivity index (χ3n) is 4.39. The van der Waals surface area contributed by atoms with Crippen LogP contribution in [-0.4, -0.2) is 19.4 Å². The maximum Gasteiger partial charge on any atom is 0.258 e. The number of halogens is 1. The van der Waals surface area contributed by atoms with Crippen molar-refractivity contribution in [2.75, 3.05) is 0 Å². The standard InChI is InChI=1S/C20H13FN4OS3/c1-11-8-28-20-24-14(6-17(26)25(11)20)9-27-19-18-15(22-10-23-19)7-16(29-18)12-2-4-13(21)5-3-12/h2-8,10H,9H2,1H3. The number of aromatic nitrogens is 4. The molecular formula is C20H13FN4OS3. The molecule has 0 fully saturated rings. The molecule has 0 aliphatic carbocycles. The van der Waals surface area contributed by atoms with Crippen molar-refractivity contribution < 1.29 is 4.39 Å². The molecule has 0 N–H and O–H groups in total. The topological polar surface area (TPSA) is 60.2 Å². The SMILES string of the molecule is Cc1csc2nc(CSc3ncnc4cc(-c5ccc(F)cc5)sc34)cc(=O)n12. The molecule has 0 saturated carbocycles. The lowest BCUT2D eigenvalue weighted by Crippen LogP contribution is -2.14. The zero-order valence-corrected chi connectivity index (χ0v) is 17.6. The third-order valence-corrected chi connectivity index (χ3v) is 7.67. The van der Waals surface area contributed by atoms with E-state index in [4.69, 9.17) is 0 Å². The van der Waals surface area contributed by atoms with E-state index in [2.05, 4.69) is 15.0 Å². The van der Waals surface area contributed by atoms with Crippen LogP contribution in [0.2, 0.25) is 0 Å². The molecule has 0 unspecified atom stereocenters. The molecule has 0 aliphatic rings. The van der Waals surface area contributed by atoms with Gasteiger partial charge in [-0.2, -0.15) is 0 Å². The molecule has 0 aliphatic heterocycles. The number of nitrogens with zero attached hydrogens (tertiary/aromatic N) is 4. The lowest BCUT2D eigenvalue weighted by atomic mass is 10.2. The van der Waals surface area contributed by atoms with Crippen LogP contribution in [0.1, 0.15) is 11.4 Å². The van der Waals surface area contributed by atoms with E-state index < -0.39 is 0 Å². The molecule has 4 heterocycles. The van der Waals surface area contributed by atoms with E-state index in [0.29, 0.717) is 10.7 Å². The number of thiazole rings is 1. The van der Waals surface area contributed by atoms with Crippen LogP contribution in [0.3, 0.4) is 0 Å². The van der Waals surface area contributed by atoms with Gasteiger partial charge in [0.05, 0.1) is 15.9 Å². The van der Waals surface area contributed by atoms with Gasteiger partial charge in [-0.1, -0.05) is 23.9 Å². The summed E-state index contributed by atoms with van der Waals surface area (Å²) in [5.41, 5.74) is 3.35. The van der Waals surface area contributed by atoms with Gasteiger partial charge in [-0.25, -0.2) is 19.3 Å². The summed E-state index contributed by atoms with van der Waals surface area (Å²) in [6.07, 6.45) is 1.54. The Morgan fingerprint density at radius 3 is 2.83 bits per heavy atom. The molecule has 9 heteroatoms. The second-order valence-corrected chi connectivity index (χ2v) is 9.23. The minimum absolute atomic E-state index is 0.0631. The van der Waals surface area contributed by atoms with Gasteiger partial charge in [-0.05, 0) is 30.7 Å². The lowest BCUT2D eigenvalue weighted by molar-refractivity contribution is 0.628. The highest BCUT2D eigenvalue weighted by atomic mass is 32.2. The van der Waals surface area contributed by atoms with Crippen molar-refractivity contribution in [3.8, 4) is 10.4 Å². The summed E-state index contributed by atoms with van der Waals surface area (Å²) in [6, 6.07) is 9.99. The smallest absolute Gasteiger partial charge is 0.258 e. The van der Waals surface area contributed by atoms with Crippen molar-refractivity contribution >= 4 is 49.6 Å². The van der Waals surface area contributed by atoms with E-state index >= 15 is 0 Å². The zero-order valence-electron chi connectivity index (χ0n) is 15.1. The van der Waals surface area contributed by atoms with E-state index in [1.165, 1.54) is 35.2 Å². The van der Waals surface area contributed by atoms with Crippen molar-refractivity contribution in [1.29, 1.82) is 0 Å². The van der Waals surface area contributed by atoms with Gasteiger partial charge in [0.25, 0.3) is 5.56 Å². The van der Waals surface area contributed by atoms with Gasteiger partial charge in [0.15, 0.2) is 4.96 Å². The van der Waals surface area contributed by atoms with Crippen LogP contribution in [0.5, 0.6) is 0 Å². The van der Waals surface area contributed by atoms with Gasteiger partial charge in [0.2, 0.25) is 0 Å². The number of thioether (sulfide) groups is 1. The number of fused-ring (bicyclic) bond motifs is 2. The minimum atomic E-state index is -0.257. The van der Waals surface area contributed by atoms with Crippen LogP contribution >= 0.6 is 34.4 Å². The quantitative estimate of drug-likeness (QED) is 0.285. The average Bonchev–Trinajstić information content (AvgIpc) is 3.31. The van der Waals surface area contributed by atoms with Gasteiger partial charge in [0, 0.05) is 27.8 Å². The Labute approximate surface area is 176 Å². The normalized spacial score (nSPS) is 11.5. The molecule has 1 aromatic carbocycles. The molecule has 0 bridgehead atoms. The van der Waals surface area contributed by atoms with Crippen molar-refractivity contribution in [3.05, 3.63) is 75.7 Å². The van der Waals surface area contributed by atoms with Gasteiger partial charge in [-0.3, -0.25) is 9.20 Å². The van der Waals surface area contributed by atoms with Crippen LogP contribution in [0.25, 0.3) is 25.6 Å². The van der Waals surface area contributed by atoms with Crippen LogP contribution in [0.4, 0.5) is 4.39 Å². The van der Waals surface area contributed by atoms with Crippen LogP contribution in [-0.2, 0) is 5.75 Å². The first-order valence-electron chi connectivity index (χ1n) is 8.68. The Hall–Kier alpha value is -2.62. The van der Waals surface area contributed by atoms with E-state index in [0.717, 1.165) is 37.1 Å². The molecule has 5 aromatic rings. The first-order chi connectivity index (χ1) is 14.1. The number of thiophene rings is 1. The Morgan fingerprint density at radius 2 is 2.00 bits per heavy atom. The first kappa shape index (κ1) is 18.4. The summed E-state index contributed by atoms with van der Waals surface area (Å²) < 4.78 is 15.8. The zero-order chi connectivity index (χ0) is 20.0. The van der Waals surface area contributed by atoms with E-state index in [1.54, 1.807) is 40.3 Å². The predicted molar refractivity (Wildman–Crippen MR) is 116 cm³/mol. The molecule has 0 amide bonds. The summed E-state index contributed by atoms with van der Waals surface area (Å²) in [6.45, 7) is 1.90. The van der Waals surface area contributed by atoms with Crippen molar-refractivity contribution in [3.63, 3.8) is 0 Å². The minimum Gasteiger partial charge on any atom is -0.269 e. The van der Waals surface area contributed by atoms with E-state index in [1.807, 2.05) is 18.4 Å². The maximum absolute atomic E-state index is 13.2. The van der Waals surface area contributed by atoms with E-state index in [-0.39, 0.29) is 11.4 Å². The van der Waals surface area contributed by atoms with Crippen LogP contribution in [0.15, 0.2) is 57.9 Å². The molecule has 0 saturated heterocycles. The largest absolute Gasteiger partial charge is 0.269 e. The summed E-state index contributed by atoms with van der Waals surface area (Å²) in [5, 5.41) is 2.77. The summed E-state index contributed by atoms with van der Waals surface area (Å²) in [7, 11) is 0. The number of hydrogen-bond donors (Lipinski definition) is 0. The average molecular weight is 441 g/mol. The van der Waals surface area contributed by atoms with Gasteiger partial charge in [-0.15, -0.1) is 22.7 Å². The van der Waals surface area contributed by atoms with E-state index in [9.17, 15) is 9.18 Å².